The highest BCUT2D eigenvalue weighted by Crippen LogP contribution is 2.50. The molecule has 26 nitrogen and oxygen atoms in total. The number of aromatic nitrogens is 11. The molecule has 7 aliphatic heterocycles. The minimum absolute atomic E-state index is 0.0378. The van der Waals surface area contributed by atoms with Crippen LogP contribution in [0.25, 0.3) is 0 Å². The third-order valence-corrected chi connectivity index (χ3v) is 33.4. The first-order valence-electron chi connectivity index (χ1n) is 53.4. The van der Waals surface area contributed by atoms with Crippen LogP contribution in [0, 0.1) is 68.0 Å². The van der Waals surface area contributed by atoms with E-state index in [4.69, 9.17) is 5.10 Å². The Kier molecular flexibility index (Phi) is 34.0. The highest BCUT2D eigenvalue weighted by Gasteiger charge is 2.51. The normalized spacial score (nSPS) is 22.8. The van der Waals surface area contributed by atoms with Gasteiger partial charge in [0.25, 0.3) is 0 Å². The van der Waals surface area contributed by atoms with Gasteiger partial charge in [-0.1, -0.05) is 162 Å². The monoisotopic (exact) mass is 1850 g/mol. The smallest absolute Gasteiger partial charge is 0.320 e. The maximum Gasteiger partial charge on any atom is 0.320 e. The first kappa shape index (κ1) is 103. The first-order valence-corrected chi connectivity index (χ1v) is 53.4. The second-order valence-corrected chi connectivity index (χ2v) is 48.5. The van der Waals surface area contributed by atoms with Gasteiger partial charge in [0.1, 0.15) is 0 Å². The van der Waals surface area contributed by atoms with Gasteiger partial charge in [0.2, 0.25) is 35.4 Å². The summed E-state index contributed by atoms with van der Waals surface area (Å²) in [7, 11) is 0. The zero-order chi connectivity index (χ0) is 96.5. The molecule has 0 N–H and O–H groups in total. The van der Waals surface area contributed by atoms with Crippen LogP contribution < -0.4 is 0 Å². The number of hydrogen-bond acceptors (Lipinski definition) is 13. The van der Waals surface area contributed by atoms with Crippen LogP contribution >= 0.6 is 0 Å². The lowest BCUT2D eigenvalue weighted by Gasteiger charge is -2.45. The van der Waals surface area contributed by atoms with Crippen LogP contribution in [0.5, 0.6) is 0 Å². The molecular formula is C108H177N19O7. The molecule has 5 aromatic rings. The summed E-state index contributed by atoms with van der Waals surface area (Å²) in [6.07, 6.45) is 51.0. The molecular weight excluding hydrogens is 1680 g/mol. The Morgan fingerprint density at radius 2 is 0.657 bits per heavy atom. The van der Waals surface area contributed by atoms with Gasteiger partial charge in [-0.25, -0.2) is 4.79 Å². The van der Waals surface area contributed by atoms with Crippen molar-refractivity contribution in [3.8, 4) is 0 Å². The van der Waals surface area contributed by atoms with Gasteiger partial charge < -0.3 is 39.2 Å². The summed E-state index contributed by atoms with van der Waals surface area (Å²) in [5, 5.41) is 27.1. The van der Waals surface area contributed by atoms with Crippen LogP contribution in [0.1, 0.15) is 371 Å². The fourth-order valence-corrected chi connectivity index (χ4v) is 22.8. The van der Waals surface area contributed by atoms with E-state index in [1.807, 2.05) is 33.1 Å². The zero-order valence-electron chi connectivity index (χ0n) is 87.0. The molecule has 12 heterocycles. The van der Waals surface area contributed by atoms with Gasteiger partial charge in [-0.15, -0.1) is 5.10 Å². The first-order chi connectivity index (χ1) is 63.5. The van der Waals surface area contributed by atoms with Crippen molar-refractivity contribution in [3.63, 3.8) is 0 Å². The fourth-order valence-electron chi connectivity index (χ4n) is 22.8. The minimum Gasteiger partial charge on any atom is -0.342 e. The van der Waals surface area contributed by atoms with Gasteiger partial charge in [-0.3, -0.25) is 52.2 Å². The van der Waals surface area contributed by atoms with Crippen LogP contribution in [0.4, 0.5) is 4.79 Å². The molecule has 13 fully saturated rings. The van der Waals surface area contributed by atoms with Crippen molar-refractivity contribution in [2.75, 3.05) is 98.2 Å². The Morgan fingerprint density at radius 1 is 0.336 bits per heavy atom. The number of nitrogens with zero attached hydrogens (tertiary/aromatic N) is 19. The van der Waals surface area contributed by atoms with Crippen molar-refractivity contribution in [2.45, 2.75) is 392 Å². The molecule has 134 heavy (non-hydrogen) atoms. The highest BCUT2D eigenvalue weighted by atomic mass is 16.2. The Hall–Kier alpha value is -7.93. The molecule has 0 radical (unpaired) electrons. The van der Waals surface area contributed by atoms with Crippen molar-refractivity contribution >= 4 is 41.5 Å². The van der Waals surface area contributed by atoms with Crippen LogP contribution in [-0.2, 0) is 72.2 Å². The molecule has 0 spiro atoms. The summed E-state index contributed by atoms with van der Waals surface area (Å²) in [5.41, 5.74) is 6.02. The summed E-state index contributed by atoms with van der Waals surface area (Å²) in [6, 6.07) is 3.14. The quantitative estimate of drug-likeness (QED) is 0.0558. The van der Waals surface area contributed by atoms with E-state index < -0.39 is 0 Å². The van der Waals surface area contributed by atoms with Crippen LogP contribution in [-0.4, -0.2) is 239 Å². The maximum atomic E-state index is 12.7. The summed E-state index contributed by atoms with van der Waals surface area (Å²) >= 11 is 0. The number of hydrogen-bond donors (Lipinski definition) is 0. The molecule has 6 aliphatic carbocycles. The SMILES string of the molecule is CC(C)CN1CCN(C2CCN(C(=O)C3(C)CCC3)CC2)C1=O.CC(C)Cc1cnn(C2(C)CCN(C(=O)C3(C)CC3)CC2)c1.CC(C)Cc1cnn(C2(C)CCN(C(=O)C3(C)CCC3)CC2)c1.CC(C)Cc1cnn(C2CCN(C(=O)C3(C)CCC3)CC2)c1.CC(C)Cn1cc(C2CCN(C(=O)C3(C)CCC3)CC2)nn1.CC(C)Cn1ccc(C2CCN(C(=O)C3(C)CCC3)CC2)n1. The second kappa shape index (κ2) is 44.0. The van der Waals surface area contributed by atoms with Gasteiger partial charge in [-0.05, 0) is 245 Å². The minimum atomic E-state index is -0.0929. The van der Waals surface area contributed by atoms with Crippen LogP contribution in [0.15, 0.2) is 55.6 Å². The Bertz CT molecular complexity index is 4410. The Labute approximate surface area is 805 Å². The van der Waals surface area contributed by atoms with Crippen LogP contribution in [0.3, 0.4) is 0 Å². The standard InChI is InChI=1S/C19H31N3O.C18H31N3O2.3C18H29N3O.C17H28N4O/c1-15(2)12-16-13-20-22(14-16)19(4)8-10-21(11-9-19)17(23)18(3)6-5-7-18;1-14(2)13-20-11-12-21(17(20)23)15-5-9-19(10-6-15)16(22)18(3)7-4-8-18;1-14(2)13-21-12-7-16(19-21)15-5-10-20(11-6-15)17(22)18(3)8-4-9-18;1-14(2)11-15-12-19-21(13-15)16-5-9-20(10-6-16)17(22)18(3)7-4-8-18;1-14(2)11-15-12-19-21(13-15)18(4)7-9-20(10-8-18)16(22)17(3)5-6-17;1-13(2)11-21-12-15(18-19-21)14-5-9-20(10-6-14)16(22)17(3)7-4-8-17/h13-15H,5-12H2,1-4H3;14-15H,4-13H2,1-3H3;7,12,14-15H,4-6,8-11,13H2,1-3H3;12-14,16H,4-11H2,1-3H3;12-14H,5-11H2,1-4H3;12-14H,4-11H2,1-3H3. The van der Waals surface area contributed by atoms with Crippen molar-refractivity contribution in [3.05, 3.63) is 83.7 Å². The molecule has 8 amide bonds. The van der Waals surface area contributed by atoms with E-state index in [-0.39, 0.29) is 49.6 Å². The summed E-state index contributed by atoms with van der Waals surface area (Å²) in [4.78, 5) is 105. The molecule has 18 rings (SSSR count). The van der Waals surface area contributed by atoms with E-state index in [1.54, 1.807) is 0 Å². The number of piperidine rings is 6. The maximum absolute atomic E-state index is 12.7. The average Bonchev–Trinajstić information content (AvgIpc) is 1.54. The van der Waals surface area contributed by atoms with E-state index in [0.717, 1.165) is 290 Å². The lowest BCUT2D eigenvalue weighted by molar-refractivity contribution is -0.148. The van der Waals surface area contributed by atoms with Gasteiger partial charge in [0.15, 0.2) is 0 Å². The summed E-state index contributed by atoms with van der Waals surface area (Å²) < 4.78 is 10.4. The second-order valence-electron chi connectivity index (χ2n) is 48.5. The molecule has 0 bridgehead atoms. The third kappa shape index (κ3) is 25.6. The molecule has 6 saturated carbocycles. The molecule has 13 aliphatic rings. The number of carbonyl (C=O) groups excluding carboxylic acids is 7. The van der Waals surface area contributed by atoms with E-state index in [0.29, 0.717) is 94.9 Å². The van der Waals surface area contributed by atoms with E-state index in [9.17, 15) is 33.6 Å². The average molecular weight is 1850 g/mol. The fraction of sp³-hybridized carbons (Fsp3) is 0.806. The molecule has 746 valence electrons. The molecule has 0 aromatic carbocycles. The van der Waals surface area contributed by atoms with Gasteiger partial charge in [0.05, 0.1) is 47.1 Å². The predicted molar refractivity (Wildman–Crippen MR) is 530 cm³/mol. The Balaban J connectivity index is 0.000000136. The lowest BCUT2D eigenvalue weighted by Crippen LogP contribution is -2.52. The van der Waals surface area contributed by atoms with Gasteiger partial charge in [-0.2, -0.15) is 20.4 Å². The van der Waals surface area contributed by atoms with Crippen molar-refractivity contribution in [1.82, 2.24) is 93.3 Å². The van der Waals surface area contributed by atoms with Crippen molar-refractivity contribution in [2.24, 2.45) is 68.0 Å². The van der Waals surface area contributed by atoms with Gasteiger partial charge >= 0.3 is 6.03 Å². The van der Waals surface area contributed by atoms with Crippen molar-refractivity contribution in [1.29, 1.82) is 0 Å². The van der Waals surface area contributed by atoms with Gasteiger partial charge in [0, 0.05) is 193 Å². The molecule has 0 unspecified atom stereocenters. The summed E-state index contributed by atoms with van der Waals surface area (Å²) in [6.45, 7) is 58.7. The molecule has 5 aromatic heterocycles. The van der Waals surface area contributed by atoms with E-state index >= 15 is 0 Å². The molecule has 0 atom stereocenters. The molecule has 26 heteroatoms. The lowest BCUT2D eigenvalue weighted by atomic mass is 9.69. The highest BCUT2D eigenvalue weighted by molar-refractivity contribution is 5.87. The number of amides is 8. The van der Waals surface area contributed by atoms with E-state index in [2.05, 4.69) is 249 Å². The third-order valence-electron chi connectivity index (χ3n) is 33.4. The van der Waals surface area contributed by atoms with Crippen LogP contribution in [0.2, 0.25) is 0 Å². The Morgan fingerprint density at radius 3 is 1.00 bits per heavy atom. The number of likely N-dealkylation sites (tertiary alicyclic amines) is 6. The van der Waals surface area contributed by atoms with Crippen molar-refractivity contribution < 1.29 is 33.6 Å². The summed E-state index contributed by atoms with van der Waals surface area (Å²) in [5.74, 6) is 6.92. The predicted octanol–water partition coefficient (Wildman–Crippen LogP) is 19.1. The number of rotatable bonds is 24. The zero-order valence-corrected chi connectivity index (χ0v) is 87.0. The molecule has 7 saturated heterocycles. The number of urea groups is 1. The van der Waals surface area contributed by atoms with E-state index in [1.165, 1.54) is 54.5 Å². The number of carbonyl (C=O) groups is 7. The largest absolute Gasteiger partial charge is 0.342 e. The topological polar surface area (TPSA) is 247 Å².